The molecule has 0 unspecified atom stereocenters. The Bertz CT molecular complexity index is 398. The van der Waals surface area contributed by atoms with Crippen molar-refractivity contribution in [1.29, 1.82) is 0 Å². The Morgan fingerprint density at radius 2 is 2.36 bits per heavy atom. The van der Waals surface area contributed by atoms with E-state index in [-0.39, 0.29) is 0 Å². The molecule has 2 heterocycles. The maximum atomic E-state index is 4.19. The zero-order valence-corrected chi connectivity index (χ0v) is 8.71. The van der Waals surface area contributed by atoms with Crippen LogP contribution in [-0.2, 0) is 6.54 Å². The van der Waals surface area contributed by atoms with E-state index < -0.39 is 0 Å². The molecule has 2 rings (SSSR count). The Kier molecular flexibility index (Phi) is 2.74. The Morgan fingerprint density at radius 1 is 1.43 bits per heavy atom. The van der Waals surface area contributed by atoms with Crippen molar-refractivity contribution in [2.45, 2.75) is 13.5 Å². The minimum absolute atomic E-state index is 0.767. The van der Waals surface area contributed by atoms with Gasteiger partial charge in [0.15, 0.2) is 0 Å². The van der Waals surface area contributed by atoms with Crippen molar-refractivity contribution in [1.82, 2.24) is 9.97 Å². The molecule has 0 aliphatic heterocycles. The van der Waals surface area contributed by atoms with Crippen LogP contribution in [0.25, 0.3) is 0 Å². The number of hydrogen-bond acceptors (Lipinski definition) is 4. The molecule has 0 radical (unpaired) electrons. The van der Waals surface area contributed by atoms with E-state index in [1.165, 1.54) is 0 Å². The van der Waals surface area contributed by atoms with Gasteiger partial charge in [-0.05, 0) is 18.6 Å². The van der Waals surface area contributed by atoms with Crippen molar-refractivity contribution in [3.05, 3.63) is 40.6 Å². The normalized spacial score (nSPS) is 10.1. The summed E-state index contributed by atoms with van der Waals surface area (Å²) >= 11 is 1.65. The third-order valence-corrected chi connectivity index (χ3v) is 2.58. The van der Waals surface area contributed by atoms with Crippen LogP contribution in [0.4, 0.5) is 5.69 Å². The van der Waals surface area contributed by atoms with E-state index >= 15 is 0 Å². The number of anilines is 1. The molecule has 2 aromatic heterocycles. The van der Waals surface area contributed by atoms with Crippen molar-refractivity contribution in [3.63, 3.8) is 0 Å². The molecule has 0 atom stereocenters. The lowest BCUT2D eigenvalue weighted by molar-refractivity contribution is 1.09. The number of aromatic nitrogens is 2. The molecule has 0 fully saturated rings. The van der Waals surface area contributed by atoms with Gasteiger partial charge in [0.1, 0.15) is 5.01 Å². The summed E-state index contributed by atoms with van der Waals surface area (Å²) in [5.41, 5.74) is 2.20. The number of aryl methyl sites for hydroxylation is 1. The van der Waals surface area contributed by atoms with Crippen LogP contribution in [0.3, 0.4) is 0 Å². The van der Waals surface area contributed by atoms with Crippen molar-refractivity contribution in [2.75, 3.05) is 5.32 Å². The monoisotopic (exact) mass is 205 g/mol. The quantitative estimate of drug-likeness (QED) is 0.836. The number of rotatable bonds is 3. The molecule has 4 heteroatoms. The summed E-state index contributed by atoms with van der Waals surface area (Å²) in [6.07, 6.45) is 5.48. The highest BCUT2D eigenvalue weighted by Gasteiger charge is 1.96. The van der Waals surface area contributed by atoms with Crippen LogP contribution >= 0.6 is 11.3 Å². The highest BCUT2D eigenvalue weighted by molar-refractivity contribution is 7.09. The van der Waals surface area contributed by atoms with Crippen LogP contribution in [0, 0.1) is 6.92 Å². The summed E-state index contributed by atoms with van der Waals surface area (Å²) in [7, 11) is 0. The first-order chi connectivity index (χ1) is 6.84. The van der Waals surface area contributed by atoms with E-state index in [0.717, 1.165) is 22.8 Å². The number of hydrogen-bond donors (Lipinski definition) is 1. The molecule has 0 amide bonds. The fourth-order valence-electron chi connectivity index (χ4n) is 1.17. The molecule has 14 heavy (non-hydrogen) atoms. The standard InChI is InChI=1S/C10H11N3S/c1-8-4-9(6-11-5-8)13-7-10-12-2-3-14-10/h2-6,13H,7H2,1H3. The molecule has 0 aliphatic carbocycles. The lowest BCUT2D eigenvalue weighted by Crippen LogP contribution is -1.99. The number of thiazole rings is 1. The minimum Gasteiger partial charge on any atom is -0.377 e. The van der Waals surface area contributed by atoms with E-state index in [2.05, 4.69) is 21.4 Å². The van der Waals surface area contributed by atoms with Crippen molar-refractivity contribution in [3.8, 4) is 0 Å². The molecule has 3 nitrogen and oxygen atoms in total. The SMILES string of the molecule is Cc1cncc(NCc2nccs2)c1. The second kappa shape index (κ2) is 4.19. The summed E-state index contributed by atoms with van der Waals surface area (Å²) in [6.45, 7) is 2.80. The van der Waals surface area contributed by atoms with E-state index in [4.69, 9.17) is 0 Å². The lowest BCUT2D eigenvalue weighted by Gasteiger charge is -2.03. The predicted molar refractivity (Wildman–Crippen MR) is 58.4 cm³/mol. The molecule has 0 aliphatic rings. The van der Waals surface area contributed by atoms with Gasteiger partial charge in [0.2, 0.25) is 0 Å². The second-order valence-electron chi connectivity index (χ2n) is 3.03. The van der Waals surface area contributed by atoms with Crippen LogP contribution in [-0.4, -0.2) is 9.97 Å². The first-order valence-corrected chi connectivity index (χ1v) is 5.26. The second-order valence-corrected chi connectivity index (χ2v) is 4.01. The Labute approximate surface area is 86.8 Å². The smallest absolute Gasteiger partial charge is 0.112 e. The first kappa shape index (κ1) is 9.15. The molecule has 1 N–H and O–H groups in total. The van der Waals surface area contributed by atoms with Crippen LogP contribution < -0.4 is 5.32 Å². The van der Waals surface area contributed by atoms with Gasteiger partial charge in [-0.1, -0.05) is 0 Å². The zero-order valence-electron chi connectivity index (χ0n) is 7.90. The number of pyridine rings is 1. The van der Waals surface area contributed by atoms with Gasteiger partial charge in [-0.15, -0.1) is 11.3 Å². The Morgan fingerprint density at radius 3 is 3.07 bits per heavy atom. The van der Waals surface area contributed by atoms with Gasteiger partial charge >= 0.3 is 0 Å². The summed E-state index contributed by atoms with van der Waals surface area (Å²) < 4.78 is 0. The highest BCUT2D eigenvalue weighted by Crippen LogP contribution is 2.10. The zero-order chi connectivity index (χ0) is 9.80. The Hall–Kier alpha value is -1.42. The van der Waals surface area contributed by atoms with Gasteiger partial charge in [0.25, 0.3) is 0 Å². The highest BCUT2D eigenvalue weighted by atomic mass is 32.1. The van der Waals surface area contributed by atoms with E-state index in [9.17, 15) is 0 Å². The van der Waals surface area contributed by atoms with Crippen LogP contribution in [0.15, 0.2) is 30.0 Å². The molecule has 0 spiro atoms. The van der Waals surface area contributed by atoms with Gasteiger partial charge in [0, 0.05) is 24.0 Å². The molecule has 0 saturated carbocycles. The average Bonchev–Trinajstić information content (AvgIpc) is 2.67. The number of nitrogens with zero attached hydrogens (tertiary/aromatic N) is 2. The molecule has 0 saturated heterocycles. The molecule has 0 bridgehead atoms. The van der Waals surface area contributed by atoms with Gasteiger partial charge in [-0.25, -0.2) is 4.98 Å². The van der Waals surface area contributed by atoms with Crippen molar-refractivity contribution in [2.24, 2.45) is 0 Å². The average molecular weight is 205 g/mol. The summed E-state index contributed by atoms with van der Waals surface area (Å²) in [5.74, 6) is 0. The van der Waals surface area contributed by atoms with E-state index in [1.807, 2.05) is 30.9 Å². The topological polar surface area (TPSA) is 37.8 Å². The maximum absolute atomic E-state index is 4.19. The lowest BCUT2D eigenvalue weighted by atomic mass is 10.3. The van der Waals surface area contributed by atoms with Gasteiger partial charge in [-0.3, -0.25) is 4.98 Å². The van der Waals surface area contributed by atoms with E-state index in [1.54, 1.807) is 11.3 Å². The summed E-state index contributed by atoms with van der Waals surface area (Å²) in [6, 6.07) is 2.07. The van der Waals surface area contributed by atoms with Crippen LogP contribution in [0.2, 0.25) is 0 Å². The van der Waals surface area contributed by atoms with Crippen LogP contribution in [0.1, 0.15) is 10.6 Å². The molecular weight excluding hydrogens is 194 g/mol. The van der Waals surface area contributed by atoms with Gasteiger partial charge < -0.3 is 5.32 Å². The van der Waals surface area contributed by atoms with Gasteiger partial charge in [-0.2, -0.15) is 0 Å². The molecule has 0 aromatic carbocycles. The minimum atomic E-state index is 0.767. The summed E-state index contributed by atoms with van der Waals surface area (Å²) in [5, 5.41) is 6.34. The van der Waals surface area contributed by atoms with Crippen molar-refractivity contribution >= 4 is 17.0 Å². The predicted octanol–water partition coefficient (Wildman–Crippen LogP) is 2.46. The fraction of sp³-hybridized carbons (Fsp3) is 0.200. The molecular formula is C10H11N3S. The Balaban J connectivity index is 1.98. The van der Waals surface area contributed by atoms with E-state index in [0.29, 0.717) is 0 Å². The fourth-order valence-corrected chi connectivity index (χ4v) is 1.73. The number of nitrogens with one attached hydrogen (secondary N) is 1. The summed E-state index contributed by atoms with van der Waals surface area (Å²) in [4.78, 5) is 8.29. The van der Waals surface area contributed by atoms with Gasteiger partial charge in [0.05, 0.1) is 12.2 Å². The first-order valence-electron chi connectivity index (χ1n) is 4.38. The third-order valence-electron chi connectivity index (χ3n) is 1.80. The van der Waals surface area contributed by atoms with Crippen LogP contribution in [0.5, 0.6) is 0 Å². The maximum Gasteiger partial charge on any atom is 0.112 e. The third kappa shape index (κ3) is 2.29. The molecule has 2 aromatic rings. The molecule has 72 valence electrons. The van der Waals surface area contributed by atoms with Crippen molar-refractivity contribution < 1.29 is 0 Å². The largest absolute Gasteiger partial charge is 0.377 e.